The van der Waals surface area contributed by atoms with Crippen LogP contribution in [0, 0.1) is 12.9 Å². The van der Waals surface area contributed by atoms with Crippen LogP contribution in [0.4, 0.5) is 4.39 Å². The van der Waals surface area contributed by atoms with Crippen molar-refractivity contribution in [2.24, 2.45) is 0 Å². The SMILES string of the molecule is CCOc1cc(C=O)c(-c2ccc(F)nc2)cc1C. The first kappa shape index (κ1) is 13.2. The van der Waals surface area contributed by atoms with Crippen molar-refractivity contribution in [3.05, 3.63) is 47.5 Å². The fourth-order valence-electron chi connectivity index (χ4n) is 1.90. The molecular weight excluding hydrogens is 245 g/mol. The minimum absolute atomic E-state index is 0.502. The van der Waals surface area contributed by atoms with Crippen molar-refractivity contribution >= 4 is 6.29 Å². The Balaban J connectivity index is 2.53. The third-order valence-electron chi connectivity index (χ3n) is 2.81. The molecule has 0 aliphatic rings. The van der Waals surface area contributed by atoms with Crippen molar-refractivity contribution < 1.29 is 13.9 Å². The van der Waals surface area contributed by atoms with Gasteiger partial charge >= 0.3 is 0 Å². The summed E-state index contributed by atoms with van der Waals surface area (Å²) in [6.07, 6.45) is 2.18. The fourth-order valence-corrected chi connectivity index (χ4v) is 1.90. The highest BCUT2D eigenvalue weighted by atomic mass is 19.1. The van der Waals surface area contributed by atoms with Crippen molar-refractivity contribution in [1.29, 1.82) is 0 Å². The molecule has 0 unspecified atom stereocenters. The zero-order chi connectivity index (χ0) is 13.8. The summed E-state index contributed by atoms with van der Waals surface area (Å²) in [7, 11) is 0. The Morgan fingerprint density at radius 1 is 1.37 bits per heavy atom. The van der Waals surface area contributed by atoms with Gasteiger partial charge in [0.1, 0.15) is 5.75 Å². The van der Waals surface area contributed by atoms with E-state index in [2.05, 4.69) is 4.98 Å². The van der Waals surface area contributed by atoms with Crippen molar-refractivity contribution in [2.75, 3.05) is 6.61 Å². The van der Waals surface area contributed by atoms with Crippen LogP contribution in [0.25, 0.3) is 11.1 Å². The lowest BCUT2D eigenvalue weighted by atomic mass is 9.99. The summed E-state index contributed by atoms with van der Waals surface area (Å²) < 4.78 is 18.3. The third kappa shape index (κ3) is 2.78. The third-order valence-corrected chi connectivity index (χ3v) is 2.81. The maximum Gasteiger partial charge on any atom is 0.212 e. The molecule has 0 atom stereocenters. The van der Waals surface area contributed by atoms with Crippen LogP contribution in [0.3, 0.4) is 0 Å². The zero-order valence-corrected chi connectivity index (χ0v) is 10.8. The van der Waals surface area contributed by atoms with E-state index >= 15 is 0 Å². The molecule has 0 aliphatic carbocycles. The van der Waals surface area contributed by atoms with E-state index in [4.69, 9.17) is 4.74 Å². The van der Waals surface area contributed by atoms with Crippen LogP contribution in [0.1, 0.15) is 22.8 Å². The second-order valence-corrected chi connectivity index (χ2v) is 4.13. The number of aromatic nitrogens is 1. The quantitative estimate of drug-likeness (QED) is 0.624. The number of hydrogen-bond acceptors (Lipinski definition) is 3. The molecule has 19 heavy (non-hydrogen) atoms. The van der Waals surface area contributed by atoms with E-state index in [9.17, 15) is 9.18 Å². The number of pyridine rings is 1. The average Bonchev–Trinajstić information content (AvgIpc) is 2.42. The molecule has 0 amide bonds. The molecule has 1 aromatic heterocycles. The molecule has 0 saturated heterocycles. The van der Waals surface area contributed by atoms with Crippen molar-refractivity contribution in [3.8, 4) is 16.9 Å². The van der Waals surface area contributed by atoms with Gasteiger partial charge in [0.15, 0.2) is 6.29 Å². The Morgan fingerprint density at radius 3 is 2.74 bits per heavy atom. The Kier molecular flexibility index (Phi) is 3.90. The van der Waals surface area contributed by atoms with Crippen molar-refractivity contribution in [3.63, 3.8) is 0 Å². The Hall–Kier alpha value is -2.23. The van der Waals surface area contributed by atoms with Gasteiger partial charge in [-0.2, -0.15) is 4.39 Å². The largest absolute Gasteiger partial charge is 0.494 e. The number of aldehydes is 1. The van der Waals surface area contributed by atoms with Crippen LogP contribution in [0.2, 0.25) is 0 Å². The molecule has 0 spiro atoms. The second-order valence-electron chi connectivity index (χ2n) is 4.13. The molecule has 2 aromatic rings. The Labute approximate surface area is 111 Å². The fraction of sp³-hybridized carbons (Fsp3) is 0.200. The Bertz CT molecular complexity index is 594. The number of aryl methyl sites for hydroxylation is 1. The van der Waals surface area contributed by atoms with E-state index in [1.807, 2.05) is 19.9 Å². The van der Waals surface area contributed by atoms with Crippen molar-refractivity contribution in [1.82, 2.24) is 4.98 Å². The highest BCUT2D eigenvalue weighted by molar-refractivity contribution is 5.88. The predicted molar refractivity (Wildman–Crippen MR) is 70.9 cm³/mol. The molecule has 0 aliphatic heterocycles. The van der Waals surface area contributed by atoms with E-state index < -0.39 is 5.95 Å². The van der Waals surface area contributed by atoms with Crippen LogP contribution < -0.4 is 4.74 Å². The highest BCUT2D eigenvalue weighted by Gasteiger charge is 2.10. The van der Waals surface area contributed by atoms with E-state index in [0.29, 0.717) is 23.5 Å². The van der Waals surface area contributed by atoms with Gasteiger partial charge in [-0.05, 0) is 49.2 Å². The molecule has 0 N–H and O–H groups in total. The molecule has 1 heterocycles. The molecular formula is C15H14FNO2. The highest BCUT2D eigenvalue weighted by Crippen LogP contribution is 2.29. The summed E-state index contributed by atoms with van der Waals surface area (Å²) in [5.74, 6) is 0.141. The van der Waals surface area contributed by atoms with Crippen LogP contribution in [0.15, 0.2) is 30.5 Å². The first-order valence-electron chi connectivity index (χ1n) is 6.00. The van der Waals surface area contributed by atoms with Crippen LogP contribution in [-0.4, -0.2) is 17.9 Å². The van der Waals surface area contributed by atoms with Gasteiger partial charge in [0.2, 0.25) is 5.95 Å². The van der Waals surface area contributed by atoms with Gasteiger partial charge in [0.05, 0.1) is 6.61 Å². The number of benzene rings is 1. The number of rotatable bonds is 4. The van der Waals surface area contributed by atoms with Crippen LogP contribution in [0.5, 0.6) is 5.75 Å². The number of halogens is 1. The lowest BCUT2D eigenvalue weighted by Crippen LogP contribution is -1.98. The monoisotopic (exact) mass is 259 g/mol. The summed E-state index contributed by atoms with van der Waals surface area (Å²) in [6, 6.07) is 6.42. The topological polar surface area (TPSA) is 39.2 Å². The van der Waals surface area contributed by atoms with E-state index in [1.54, 1.807) is 12.1 Å². The molecule has 98 valence electrons. The summed E-state index contributed by atoms with van der Waals surface area (Å²) in [4.78, 5) is 14.8. The summed E-state index contributed by atoms with van der Waals surface area (Å²) >= 11 is 0. The summed E-state index contributed by atoms with van der Waals surface area (Å²) in [5, 5.41) is 0. The van der Waals surface area contributed by atoms with E-state index in [1.165, 1.54) is 12.3 Å². The normalized spacial score (nSPS) is 10.3. The predicted octanol–water partition coefficient (Wildman–Crippen LogP) is 3.41. The standard InChI is InChI=1S/C15H14FNO2/c1-3-19-14-7-12(9-18)13(6-10(14)2)11-4-5-15(16)17-8-11/h4-9H,3H2,1-2H3. The number of hydrogen-bond donors (Lipinski definition) is 0. The molecule has 0 bridgehead atoms. The second kappa shape index (κ2) is 5.61. The lowest BCUT2D eigenvalue weighted by Gasteiger charge is -2.11. The molecule has 0 radical (unpaired) electrons. The lowest BCUT2D eigenvalue weighted by molar-refractivity contribution is 0.112. The van der Waals surface area contributed by atoms with Gasteiger partial charge in [-0.15, -0.1) is 0 Å². The van der Waals surface area contributed by atoms with Gasteiger partial charge in [0.25, 0.3) is 0 Å². The first-order chi connectivity index (χ1) is 9.15. The molecule has 2 rings (SSSR count). The van der Waals surface area contributed by atoms with Crippen molar-refractivity contribution in [2.45, 2.75) is 13.8 Å². The molecule has 3 nitrogen and oxygen atoms in total. The number of carbonyl (C=O) groups is 1. The van der Waals surface area contributed by atoms with Crippen LogP contribution in [-0.2, 0) is 0 Å². The molecule has 0 fully saturated rings. The smallest absolute Gasteiger partial charge is 0.212 e. The minimum atomic E-state index is -0.543. The maximum atomic E-state index is 12.8. The minimum Gasteiger partial charge on any atom is -0.494 e. The van der Waals surface area contributed by atoms with Gasteiger partial charge < -0.3 is 4.74 Å². The van der Waals surface area contributed by atoms with Gasteiger partial charge in [-0.1, -0.05) is 0 Å². The number of carbonyl (C=O) groups excluding carboxylic acids is 1. The first-order valence-corrected chi connectivity index (χ1v) is 6.00. The zero-order valence-electron chi connectivity index (χ0n) is 10.8. The molecule has 0 saturated carbocycles. The van der Waals surface area contributed by atoms with Gasteiger partial charge in [-0.25, -0.2) is 4.98 Å². The summed E-state index contributed by atoms with van der Waals surface area (Å²) in [6.45, 7) is 4.33. The number of nitrogens with zero attached hydrogens (tertiary/aromatic N) is 1. The van der Waals surface area contributed by atoms with Gasteiger partial charge in [0, 0.05) is 17.3 Å². The van der Waals surface area contributed by atoms with E-state index in [-0.39, 0.29) is 0 Å². The van der Waals surface area contributed by atoms with Crippen LogP contribution >= 0.6 is 0 Å². The van der Waals surface area contributed by atoms with Gasteiger partial charge in [-0.3, -0.25) is 4.79 Å². The summed E-state index contributed by atoms with van der Waals surface area (Å²) in [5.41, 5.74) is 2.85. The Morgan fingerprint density at radius 2 is 2.16 bits per heavy atom. The average molecular weight is 259 g/mol. The van der Waals surface area contributed by atoms with E-state index in [0.717, 1.165) is 17.4 Å². The maximum absolute atomic E-state index is 12.8. The molecule has 1 aromatic carbocycles. The number of ether oxygens (including phenoxy) is 1. The molecule has 4 heteroatoms.